The lowest BCUT2D eigenvalue weighted by atomic mass is 10.1. The molecule has 3 rings (SSSR count). The van der Waals surface area contributed by atoms with Crippen molar-refractivity contribution in [1.82, 2.24) is 21.0 Å². The summed E-state index contributed by atoms with van der Waals surface area (Å²) in [6, 6.07) is 17.9. The number of H-pyrrole nitrogens is 1. The van der Waals surface area contributed by atoms with Crippen molar-refractivity contribution >= 4 is 27.7 Å². The second-order valence-electron chi connectivity index (χ2n) is 4.95. The average molecular weight is 385 g/mol. The summed E-state index contributed by atoms with van der Waals surface area (Å²) in [4.78, 5) is 24.0. The van der Waals surface area contributed by atoms with Gasteiger partial charge in [-0.1, -0.05) is 46.3 Å². The van der Waals surface area contributed by atoms with Crippen molar-refractivity contribution in [2.24, 2.45) is 0 Å². The Morgan fingerprint density at radius 3 is 2.29 bits per heavy atom. The number of carbonyl (C=O) groups is 2. The Morgan fingerprint density at radius 1 is 0.917 bits per heavy atom. The molecule has 2 aromatic carbocycles. The smallest absolute Gasteiger partial charge is 0.272 e. The Kier molecular flexibility index (Phi) is 4.72. The monoisotopic (exact) mass is 384 g/mol. The van der Waals surface area contributed by atoms with Gasteiger partial charge in [0, 0.05) is 15.6 Å². The summed E-state index contributed by atoms with van der Waals surface area (Å²) < 4.78 is 0.869. The number of hydrogen-bond acceptors (Lipinski definition) is 3. The van der Waals surface area contributed by atoms with Gasteiger partial charge in [-0.2, -0.15) is 5.10 Å². The molecule has 7 heteroatoms. The summed E-state index contributed by atoms with van der Waals surface area (Å²) in [6.45, 7) is 0. The number of carbonyl (C=O) groups excluding carboxylic acids is 2. The lowest BCUT2D eigenvalue weighted by Gasteiger charge is -2.06. The molecule has 2 amide bonds. The van der Waals surface area contributed by atoms with Gasteiger partial charge in [-0.05, 0) is 30.3 Å². The zero-order chi connectivity index (χ0) is 16.9. The van der Waals surface area contributed by atoms with Crippen LogP contribution in [-0.4, -0.2) is 22.0 Å². The Labute approximate surface area is 146 Å². The van der Waals surface area contributed by atoms with Crippen LogP contribution in [0.5, 0.6) is 0 Å². The Morgan fingerprint density at radius 2 is 1.58 bits per heavy atom. The summed E-state index contributed by atoms with van der Waals surface area (Å²) in [6.07, 6.45) is 0. The van der Waals surface area contributed by atoms with E-state index in [0.29, 0.717) is 11.3 Å². The molecule has 3 aromatic rings. The fourth-order valence-corrected chi connectivity index (χ4v) is 2.31. The number of benzene rings is 2. The van der Waals surface area contributed by atoms with Crippen LogP contribution >= 0.6 is 15.9 Å². The van der Waals surface area contributed by atoms with Gasteiger partial charge in [0.25, 0.3) is 11.8 Å². The van der Waals surface area contributed by atoms with Crippen LogP contribution in [0.25, 0.3) is 11.3 Å². The van der Waals surface area contributed by atoms with E-state index in [0.717, 1.165) is 10.0 Å². The molecule has 3 N–H and O–H groups in total. The number of amides is 2. The number of aromatic amines is 1. The van der Waals surface area contributed by atoms with Crippen LogP contribution in [0.1, 0.15) is 20.8 Å². The van der Waals surface area contributed by atoms with E-state index in [-0.39, 0.29) is 5.69 Å². The number of nitrogens with one attached hydrogen (secondary N) is 3. The van der Waals surface area contributed by atoms with E-state index in [1.807, 2.05) is 30.3 Å². The van der Waals surface area contributed by atoms with Gasteiger partial charge in [-0.15, -0.1) is 0 Å². The minimum absolute atomic E-state index is 0.255. The highest BCUT2D eigenvalue weighted by atomic mass is 79.9. The number of rotatable bonds is 3. The fraction of sp³-hybridized carbons (Fsp3) is 0. The molecule has 0 spiro atoms. The molecular formula is C17H13BrN4O2. The van der Waals surface area contributed by atoms with Crippen LogP contribution < -0.4 is 10.9 Å². The maximum absolute atomic E-state index is 12.1. The molecular weight excluding hydrogens is 372 g/mol. The average Bonchev–Trinajstić information content (AvgIpc) is 3.11. The molecule has 0 saturated heterocycles. The molecule has 1 aromatic heterocycles. The van der Waals surface area contributed by atoms with E-state index in [9.17, 15) is 9.59 Å². The van der Waals surface area contributed by atoms with Crippen molar-refractivity contribution in [3.8, 4) is 11.3 Å². The standard InChI is InChI=1S/C17H13BrN4O2/c18-13-8-6-12(7-9-13)16(23)21-22-17(24)15-10-14(19-20-15)11-4-2-1-3-5-11/h1-10H,(H,19,20)(H,21,23)(H,22,24). The number of nitrogens with zero attached hydrogens (tertiary/aromatic N) is 1. The fourth-order valence-electron chi connectivity index (χ4n) is 2.05. The summed E-state index contributed by atoms with van der Waals surface area (Å²) in [5.74, 6) is -0.881. The third kappa shape index (κ3) is 3.69. The highest BCUT2D eigenvalue weighted by molar-refractivity contribution is 9.10. The molecule has 1 heterocycles. The van der Waals surface area contributed by atoms with Crippen molar-refractivity contribution in [2.45, 2.75) is 0 Å². The van der Waals surface area contributed by atoms with Gasteiger partial charge in [-0.25, -0.2) is 0 Å². The number of aromatic nitrogens is 2. The number of hydrazine groups is 1. The second-order valence-corrected chi connectivity index (χ2v) is 5.86. The van der Waals surface area contributed by atoms with Gasteiger partial charge < -0.3 is 0 Å². The topological polar surface area (TPSA) is 86.9 Å². The first-order valence-corrected chi connectivity index (χ1v) is 7.90. The molecule has 0 fully saturated rings. The number of hydrogen-bond donors (Lipinski definition) is 3. The molecule has 0 radical (unpaired) electrons. The van der Waals surface area contributed by atoms with Crippen LogP contribution in [0.4, 0.5) is 0 Å². The van der Waals surface area contributed by atoms with Crippen molar-refractivity contribution in [1.29, 1.82) is 0 Å². The van der Waals surface area contributed by atoms with E-state index in [1.54, 1.807) is 30.3 Å². The van der Waals surface area contributed by atoms with Gasteiger partial charge in [-0.3, -0.25) is 25.5 Å². The minimum Gasteiger partial charge on any atom is -0.272 e. The molecule has 0 saturated carbocycles. The Balaban J connectivity index is 1.62. The Bertz CT molecular complexity index is 860. The van der Waals surface area contributed by atoms with Crippen molar-refractivity contribution in [3.05, 3.63) is 76.4 Å². The predicted molar refractivity (Wildman–Crippen MR) is 93.1 cm³/mol. The summed E-state index contributed by atoms with van der Waals surface area (Å²) in [5, 5.41) is 6.75. The quantitative estimate of drug-likeness (QED) is 0.606. The van der Waals surface area contributed by atoms with Crippen molar-refractivity contribution in [2.75, 3.05) is 0 Å². The maximum atomic E-state index is 12.1. The highest BCUT2D eigenvalue weighted by Crippen LogP contribution is 2.16. The summed E-state index contributed by atoms with van der Waals surface area (Å²) >= 11 is 3.30. The molecule has 0 aliphatic carbocycles. The zero-order valence-corrected chi connectivity index (χ0v) is 14.0. The van der Waals surface area contributed by atoms with Gasteiger partial charge in [0.1, 0.15) is 5.69 Å². The number of halogens is 1. The molecule has 0 atom stereocenters. The minimum atomic E-state index is -0.477. The maximum Gasteiger partial charge on any atom is 0.287 e. The van der Waals surface area contributed by atoms with Gasteiger partial charge >= 0.3 is 0 Å². The normalized spacial score (nSPS) is 10.2. The third-order valence-electron chi connectivity index (χ3n) is 3.29. The lowest BCUT2D eigenvalue weighted by molar-refractivity contribution is 0.0844. The van der Waals surface area contributed by atoms with Crippen molar-refractivity contribution < 1.29 is 9.59 Å². The largest absolute Gasteiger partial charge is 0.287 e. The zero-order valence-electron chi connectivity index (χ0n) is 12.4. The third-order valence-corrected chi connectivity index (χ3v) is 3.82. The second kappa shape index (κ2) is 7.10. The van der Waals surface area contributed by atoms with Crippen LogP contribution in [0.15, 0.2) is 65.1 Å². The van der Waals surface area contributed by atoms with Gasteiger partial charge in [0.05, 0.1) is 5.69 Å². The summed E-state index contributed by atoms with van der Waals surface area (Å²) in [5.41, 5.74) is 6.96. The van der Waals surface area contributed by atoms with E-state index >= 15 is 0 Å². The lowest BCUT2D eigenvalue weighted by Crippen LogP contribution is -2.41. The predicted octanol–water partition coefficient (Wildman–Crippen LogP) is 2.91. The van der Waals surface area contributed by atoms with Crippen LogP contribution in [0, 0.1) is 0 Å². The van der Waals surface area contributed by atoms with Crippen molar-refractivity contribution in [3.63, 3.8) is 0 Å². The van der Waals surface area contributed by atoms with Crippen LogP contribution in [0.2, 0.25) is 0 Å². The molecule has 0 bridgehead atoms. The van der Waals surface area contributed by atoms with E-state index in [2.05, 4.69) is 37.0 Å². The molecule has 120 valence electrons. The molecule has 0 aliphatic rings. The first-order chi connectivity index (χ1) is 11.6. The molecule has 0 aliphatic heterocycles. The molecule has 0 unspecified atom stereocenters. The van der Waals surface area contributed by atoms with E-state index < -0.39 is 11.8 Å². The SMILES string of the molecule is O=C(NNC(=O)c1cc(-c2ccccc2)n[nH]1)c1ccc(Br)cc1. The van der Waals surface area contributed by atoms with Crippen LogP contribution in [-0.2, 0) is 0 Å². The van der Waals surface area contributed by atoms with E-state index in [4.69, 9.17) is 0 Å². The van der Waals surface area contributed by atoms with E-state index in [1.165, 1.54) is 0 Å². The first kappa shape index (κ1) is 15.9. The van der Waals surface area contributed by atoms with Crippen LogP contribution in [0.3, 0.4) is 0 Å². The summed E-state index contributed by atoms with van der Waals surface area (Å²) in [7, 11) is 0. The Hall–Kier alpha value is -2.93. The molecule has 24 heavy (non-hydrogen) atoms. The highest BCUT2D eigenvalue weighted by Gasteiger charge is 2.12. The van der Waals surface area contributed by atoms with Gasteiger partial charge in [0.2, 0.25) is 0 Å². The molecule has 6 nitrogen and oxygen atoms in total. The van der Waals surface area contributed by atoms with Gasteiger partial charge in [0.15, 0.2) is 0 Å². The first-order valence-electron chi connectivity index (χ1n) is 7.10.